The van der Waals surface area contributed by atoms with Gasteiger partial charge in [-0.1, -0.05) is 0 Å². The Morgan fingerprint density at radius 1 is 1.17 bits per heavy atom. The lowest BCUT2D eigenvalue weighted by Crippen LogP contribution is -2.50. The zero-order valence-electron chi connectivity index (χ0n) is 16.7. The molecule has 4 heterocycles. The summed E-state index contributed by atoms with van der Waals surface area (Å²) >= 11 is 0. The molecule has 0 saturated carbocycles. The van der Waals surface area contributed by atoms with Gasteiger partial charge in [0.2, 0.25) is 0 Å². The smallest absolute Gasteiger partial charge is 0.409 e. The summed E-state index contributed by atoms with van der Waals surface area (Å²) in [5.74, 6) is -0.173. The summed E-state index contributed by atoms with van der Waals surface area (Å²) in [6, 6.07) is 3.55. The van der Waals surface area contributed by atoms with E-state index in [0.29, 0.717) is 44.1 Å². The molecule has 10 heteroatoms. The van der Waals surface area contributed by atoms with E-state index in [1.54, 1.807) is 44.4 Å². The largest absolute Gasteiger partial charge is 0.450 e. The van der Waals surface area contributed by atoms with Crippen LogP contribution in [0, 0.1) is 6.92 Å². The number of hydrogen-bond donors (Lipinski definition) is 0. The first-order chi connectivity index (χ1) is 14.0. The molecule has 3 aromatic heterocycles. The number of ether oxygens (including phenoxy) is 1. The third kappa shape index (κ3) is 3.41. The summed E-state index contributed by atoms with van der Waals surface area (Å²) in [4.78, 5) is 32.4. The fourth-order valence-corrected chi connectivity index (χ4v) is 3.42. The molecule has 3 aromatic rings. The normalized spacial score (nSPS) is 14.4. The van der Waals surface area contributed by atoms with Gasteiger partial charge in [-0.25, -0.2) is 14.3 Å². The fraction of sp³-hybridized carbons (Fsp3) is 0.421. The molecule has 1 aliphatic heterocycles. The maximum absolute atomic E-state index is 13.0. The van der Waals surface area contributed by atoms with Crippen LogP contribution < -0.4 is 0 Å². The predicted octanol–water partition coefficient (Wildman–Crippen LogP) is 1.35. The molecule has 0 radical (unpaired) electrons. The monoisotopic (exact) mass is 397 g/mol. The quantitative estimate of drug-likeness (QED) is 0.662. The highest BCUT2D eigenvalue weighted by Crippen LogP contribution is 2.23. The summed E-state index contributed by atoms with van der Waals surface area (Å²) in [6.45, 7) is 5.85. The van der Waals surface area contributed by atoms with Crippen LogP contribution in [0.3, 0.4) is 0 Å². The molecule has 29 heavy (non-hydrogen) atoms. The molecule has 0 aliphatic carbocycles. The minimum atomic E-state index is -0.340. The van der Waals surface area contributed by atoms with Crippen LogP contribution in [0.15, 0.2) is 24.5 Å². The minimum Gasteiger partial charge on any atom is -0.450 e. The molecule has 0 aromatic carbocycles. The van der Waals surface area contributed by atoms with E-state index in [4.69, 9.17) is 4.74 Å². The van der Waals surface area contributed by atoms with Gasteiger partial charge in [0.25, 0.3) is 5.91 Å². The number of carbonyl (C=O) groups is 2. The first-order valence-electron chi connectivity index (χ1n) is 9.54. The van der Waals surface area contributed by atoms with Crippen LogP contribution in [0.5, 0.6) is 0 Å². The van der Waals surface area contributed by atoms with E-state index >= 15 is 0 Å². The van der Waals surface area contributed by atoms with E-state index in [2.05, 4.69) is 15.2 Å². The maximum Gasteiger partial charge on any atom is 0.409 e. The Morgan fingerprint density at radius 3 is 2.55 bits per heavy atom. The third-order valence-electron chi connectivity index (χ3n) is 5.18. The van der Waals surface area contributed by atoms with Gasteiger partial charge in [-0.2, -0.15) is 10.2 Å². The summed E-state index contributed by atoms with van der Waals surface area (Å²) in [6.07, 6.45) is 3.14. The van der Waals surface area contributed by atoms with E-state index in [1.807, 2.05) is 20.0 Å². The lowest BCUT2D eigenvalue weighted by molar-refractivity contribution is 0.0565. The van der Waals surface area contributed by atoms with Gasteiger partial charge in [-0.05, 0) is 19.9 Å². The van der Waals surface area contributed by atoms with Crippen LogP contribution in [0.4, 0.5) is 4.79 Å². The number of aromatic nitrogens is 5. The number of hydrogen-bond acceptors (Lipinski definition) is 6. The van der Waals surface area contributed by atoms with Crippen LogP contribution in [-0.4, -0.2) is 79.0 Å². The van der Waals surface area contributed by atoms with Gasteiger partial charge in [-0.3, -0.25) is 9.48 Å². The molecule has 10 nitrogen and oxygen atoms in total. The summed E-state index contributed by atoms with van der Waals surface area (Å²) in [7, 11) is 1.88. The molecule has 0 bridgehead atoms. The van der Waals surface area contributed by atoms with Gasteiger partial charge >= 0.3 is 6.09 Å². The Bertz CT molecular complexity index is 1060. The Morgan fingerprint density at radius 2 is 1.90 bits per heavy atom. The number of carbonyl (C=O) groups excluding carboxylic acids is 2. The summed E-state index contributed by atoms with van der Waals surface area (Å²) in [5.41, 5.74) is 3.68. The zero-order valence-corrected chi connectivity index (χ0v) is 16.7. The van der Waals surface area contributed by atoms with Crippen molar-refractivity contribution >= 4 is 17.6 Å². The van der Waals surface area contributed by atoms with Crippen molar-refractivity contribution in [2.45, 2.75) is 13.8 Å². The van der Waals surface area contributed by atoms with Gasteiger partial charge in [0.15, 0.2) is 11.3 Å². The van der Waals surface area contributed by atoms with Crippen LogP contribution in [0.1, 0.15) is 23.1 Å². The third-order valence-corrected chi connectivity index (χ3v) is 5.18. The van der Waals surface area contributed by atoms with E-state index in [-0.39, 0.29) is 12.0 Å². The molecule has 1 fully saturated rings. The lowest BCUT2D eigenvalue weighted by atomic mass is 10.2. The Kier molecular flexibility index (Phi) is 4.91. The number of fused-ring (bicyclic) bond motifs is 1. The standard InChI is InChI=1S/C19H23N7O3/c1-4-29-19(28)25-9-7-24(8-10-25)18(27)15-11-17-20-6-5-16(26(17)22-15)14-12-21-23(3)13(14)2/h5-6,11-12H,4,7-10H2,1-3H3. The molecule has 1 saturated heterocycles. The van der Waals surface area contributed by atoms with Gasteiger partial charge in [-0.15, -0.1) is 0 Å². The molecular formula is C19H23N7O3. The van der Waals surface area contributed by atoms with Crippen LogP contribution in [0.2, 0.25) is 0 Å². The zero-order chi connectivity index (χ0) is 20.5. The average Bonchev–Trinajstić information content (AvgIpc) is 3.31. The van der Waals surface area contributed by atoms with E-state index in [9.17, 15) is 9.59 Å². The number of rotatable bonds is 3. The second kappa shape index (κ2) is 7.53. The Balaban J connectivity index is 1.56. The fourth-order valence-electron chi connectivity index (χ4n) is 3.42. The van der Waals surface area contributed by atoms with Crippen molar-refractivity contribution in [1.29, 1.82) is 0 Å². The first kappa shape index (κ1) is 18.9. The number of aryl methyl sites for hydroxylation is 1. The van der Waals surface area contributed by atoms with Crippen LogP contribution >= 0.6 is 0 Å². The van der Waals surface area contributed by atoms with Gasteiger partial charge in [0.1, 0.15) is 0 Å². The molecular weight excluding hydrogens is 374 g/mol. The summed E-state index contributed by atoms with van der Waals surface area (Å²) in [5, 5.41) is 8.81. The van der Waals surface area contributed by atoms with Gasteiger partial charge in [0.05, 0.1) is 18.5 Å². The van der Waals surface area contributed by atoms with Crippen molar-refractivity contribution in [3.8, 4) is 11.3 Å². The van der Waals surface area contributed by atoms with Gasteiger partial charge in [0, 0.05) is 56.7 Å². The highest BCUT2D eigenvalue weighted by atomic mass is 16.6. The first-order valence-corrected chi connectivity index (χ1v) is 9.54. The molecule has 152 valence electrons. The van der Waals surface area contributed by atoms with Crippen molar-refractivity contribution in [2.75, 3.05) is 32.8 Å². The van der Waals surface area contributed by atoms with E-state index in [1.165, 1.54) is 0 Å². The SMILES string of the molecule is CCOC(=O)N1CCN(C(=O)c2cc3nccc(-c4cnn(C)c4C)n3n2)CC1. The van der Waals surface area contributed by atoms with Crippen LogP contribution in [-0.2, 0) is 11.8 Å². The second-order valence-corrected chi connectivity index (χ2v) is 6.88. The van der Waals surface area contributed by atoms with E-state index < -0.39 is 0 Å². The highest BCUT2D eigenvalue weighted by Gasteiger charge is 2.27. The Labute approximate surface area is 167 Å². The maximum atomic E-state index is 13.0. The van der Waals surface area contributed by atoms with Crippen LogP contribution in [0.25, 0.3) is 16.9 Å². The number of amides is 2. The van der Waals surface area contributed by atoms with Crippen molar-refractivity contribution < 1.29 is 14.3 Å². The van der Waals surface area contributed by atoms with Crippen molar-refractivity contribution in [3.63, 3.8) is 0 Å². The van der Waals surface area contributed by atoms with E-state index in [0.717, 1.165) is 17.0 Å². The molecule has 4 rings (SSSR count). The molecule has 2 amide bonds. The number of piperazine rings is 1. The average molecular weight is 397 g/mol. The lowest BCUT2D eigenvalue weighted by Gasteiger charge is -2.33. The van der Waals surface area contributed by atoms with Crippen molar-refractivity contribution in [1.82, 2.24) is 34.2 Å². The molecule has 0 spiro atoms. The van der Waals surface area contributed by atoms with Gasteiger partial charge < -0.3 is 14.5 Å². The minimum absolute atomic E-state index is 0.173. The highest BCUT2D eigenvalue weighted by molar-refractivity contribution is 5.93. The van der Waals surface area contributed by atoms with Crippen molar-refractivity contribution in [2.24, 2.45) is 7.05 Å². The number of nitrogens with zero attached hydrogens (tertiary/aromatic N) is 7. The topological polar surface area (TPSA) is 97.9 Å². The summed E-state index contributed by atoms with van der Waals surface area (Å²) < 4.78 is 8.49. The second-order valence-electron chi connectivity index (χ2n) is 6.88. The molecule has 0 unspecified atom stereocenters. The Hall–Kier alpha value is -3.43. The molecule has 0 N–H and O–H groups in total. The predicted molar refractivity (Wildman–Crippen MR) is 104 cm³/mol. The van der Waals surface area contributed by atoms with Crippen molar-refractivity contribution in [3.05, 3.63) is 35.9 Å². The molecule has 1 aliphatic rings. The molecule has 0 atom stereocenters.